The maximum atomic E-state index is 12.2. The van der Waals surface area contributed by atoms with Crippen LogP contribution in [-0.2, 0) is 13.1 Å². The van der Waals surface area contributed by atoms with Gasteiger partial charge in [-0.1, -0.05) is 19.1 Å². The van der Waals surface area contributed by atoms with E-state index in [1.54, 1.807) is 31.3 Å². The van der Waals surface area contributed by atoms with Gasteiger partial charge in [0.15, 0.2) is 5.96 Å². The third-order valence-electron chi connectivity index (χ3n) is 4.34. The number of guanidine groups is 1. The fourth-order valence-electron chi connectivity index (χ4n) is 2.99. The second kappa shape index (κ2) is 11.9. The van der Waals surface area contributed by atoms with Crippen LogP contribution >= 0.6 is 24.0 Å². The molecule has 1 heterocycles. The van der Waals surface area contributed by atoms with E-state index in [2.05, 4.69) is 40.1 Å². The molecule has 1 aromatic carbocycles. The summed E-state index contributed by atoms with van der Waals surface area (Å²) in [5, 5.41) is 7.89. The summed E-state index contributed by atoms with van der Waals surface area (Å²) in [6, 6.07) is 8.70. The molecule has 0 saturated carbocycles. The van der Waals surface area contributed by atoms with Crippen molar-refractivity contribution in [2.24, 2.45) is 10.9 Å². The quantitative estimate of drug-likeness (QED) is 0.324. The van der Waals surface area contributed by atoms with Crippen molar-refractivity contribution in [3.8, 4) is 5.75 Å². The van der Waals surface area contributed by atoms with Crippen LogP contribution in [0.2, 0.25) is 0 Å². The number of alkyl halides is 2. The van der Waals surface area contributed by atoms with Gasteiger partial charge < -0.3 is 15.0 Å². The number of ether oxygens (including phenoxy) is 1. The van der Waals surface area contributed by atoms with Crippen LogP contribution in [0.3, 0.4) is 0 Å². The molecule has 0 amide bonds. The van der Waals surface area contributed by atoms with Crippen LogP contribution in [0.5, 0.6) is 5.75 Å². The molecule has 0 aliphatic carbocycles. The Labute approximate surface area is 188 Å². The van der Waals surface area contributed by atoms with Crippen molar-refractivity contribution in [1.29, 1.82) is 0 Å². The number of nitrogens with one attached hydrogen (secondary N) is 1. The first-order valence-electron chi connectivity index (χ1n) is 9.25. The SMILES string of the molecule is CN=C(NCC(C)Cn1nc(C)cc1C)N(C)Cc1ccc(OC(F)F)cc1.I. The maximum absolute atomic E-state index is 12.2. The summed E-state index contributed by atoms with van der Waals surface area (Å²) in [5.74, 6) is 1.30. The Bertz CT molecular complexity index is 780. The van der Waals surface area contributed by atoms with Crippen molar-refractivity contribution in [3.05, 3.63) is 47.3 Å². The van der Waals surface area contributed by atoms with Crippen LogP contribution in [0.1, 0.15) is 23.9 Å². The van der Waals surface area contributed by atoms with Crippen molar-refractivity contribution in [3.63, 3.8) is 0 Å². The smallest absolute Gasteiger partial charge is 0.387 e. The number of halogens is 3. The second-order valence-corrected chi connectivity index (χ2v) is 7.02. The number of aromatic nitrogens is 2. The number of rotatable bonds is 8. The lowest BCUT2D eigenvalue weighted by Crippen LogP contribution is -2.40. The monoisotopic (exact) mass is 521 g/mol. The van der Waals surface area contributed by atoms with Gasteiger partial charge in [-0.15, -0.1) is 24.0 Å². The Kier molecular flexibility index (Phi) is 10.3. The van der Waals surface area contributed by atoms with Gasteiger partial charge in [0.1, 0.15) is 5.75 Å². The fourth-order valence-corrected chi connectivity index (χ4v) is 2.99. The molecule has 1 N–H and O–H groups in total. The first kappa shape index (κ1) is 25.1. The molecule has 29 heavy (non-hydrogen) atoms. The highest BCUT2D eigenvalue weighted by atomic mass is 127. The fraction of sp³-hybridized carbons (Fsp3) is 0.500. The summed E-state index contributed by atoms with van der Waals surface area (Å²) in [6.07, 6.45) is 0. The van der Waals surface area contributed by atoms with Gasteiger partial charge in [-0.25, -0.2) is 0 Å². The van der Waals surface area contributed by atoms with Gasteiger partial charge >= 0.3 is 6.61 Å². The van der Waals surface area contributed by atoms with Crippen LogP contribution in [0.4, 0.5) is 8.78 Å². The zero-order chi connectivity index (χ0) is 20.7. The normalized spacial score (nSPS) is 12.5. The average molecular weight is 521 g/mol. The van der Waals surface area contributed by atoms with Gasteiger partial charge in [0.05, 0.1) is 5.69 Å². The minimum absolute atomic E-state index is 0. The predicted molar refractivity (Wildman–Crippen MR) is 122 cm³/mol. The molecule has 1 aromatic heterocycles. The summed E-state index contributed by atoms with van der Waals surface area (Å²) in [7, 11) is 3.68. The zero-order valence-corrected chi connectivity index (χ0v) is 19.9. The van der Waals surface area contributed by atoms with Gasteiger partial charge in [0, 0.05) is 39.4 Å². The van der Waals surface area contributed by atoms with E-state index in [-0.39, 0.29) is 29.7 Å². The van der Waals surface area contributed by atoms with Crippen molar-refractivity contribution >= 4 is 29.9 Å². The van der Waals surface area contributed by atoms with Crippen LogP contribution in [0.25, 0.3) is 0 Å². The molecule has 0 aliphatic rings. The molecule has 9 heteroatoms. The number of nitrogens with zero attached hydrogens (tertiary/aromatic N) is 4. The molecule has 1 atom stereocenters. The molecule has 2 aromatic rings. The van der Waals surface area contributed by atoms with E-state index in [9.17, 15) is 8.78 Å². The Morgan fingerprint density at radius 1 is 1.28 bits per heavy atom. The van der Waals surface area contributed by atoms with Crippen molar-refractivity contribution < 1.29 is 13.5 Å². The topological polar surface area (TPSA) is 54.7 Å². The summed E-state index contributed by atoms with van der Waals surface area (Å²) >= 11 is 0. The van der Waals surface area contributed by atoms with E-state index >= 15 is 0 Å². The van der Waals surface area contributed by atoms with Crippen molar-refractivity contribution in [1.82, 2.24) is 20.0 Å². The minimum Gasteiger partial charge on any atom is -0.435 e. The Morgan fingerprint density at radius 3 is 2.45 bits per heavy atom. The lowest BCUT2D eigenvalue weighted by molar-refractivity contribution is -0.0498. The average Bonchev–Trinajstić information content (AvgIpc) is 2.93. The first-order valence-corrected chi connectivity index (χ1v) is 9.25. The van der Waals surface area contributed by atoms with E-state index < -0.39 is 6.61 Å². The summed E-state index contributed by atoms with van der Waals surface area (Å²) in [4.78, 5) is 6.31. The Hall–Kier alpha value is -1.91. The number of hydrogen-bond donors (Lipinski definition) is 1. The van der Waals surface area contributed by atoms with Crippen LogP contribution in [-0.4, -0.2) is 47.9 Å². The number of aliphatic imine (C=N–C) groups is 1. The van der Waals surface area contributed by atoms with Crippen molar-refractivity contribution in [2.45, 2.75) is 40.5 Å². The maximum Gasteiger partial charge on any atom is 0.387 e. The molecule has 0 radical (unpaired) electrons. The number of hydrogen-bond acceptors (Lipinski definition) is 3. The van der Waals surface area contributed by atoms with Gasteiger partial charge in [0.25, 0.3) is 0 Å². The zero-order valence-electron chi connectivity index (χ0n) is 17.5. The molecular weight excluding hydrogens is 491 g/mol. The van der Waals surface area contributed by atoms with E-state index in [4.69, 9.17) is 0 Å². The Balaban J connectivity index is 0.00000420. The number of aryl methyl sites for hydroxylation is 2. The molecule has 0 fully saturated rings. The third-order valence-corrected chi connectivity index (χ3v) is 4.34. The second-order valence-electron chi connectivity index (χ2n) is 7.02. The molecule has 1 unspecified atom stereocenters. The molecule has 0 spiro atoms. The number of benzene rings is 1. The highest BCUT2D eigenvalue weighted by Gasteiger charge is 2.11. The minimum atomic E-state index is -2.81. The van der Waals surface area contributed by atoms with E-state index in [0.717, 1.165) is 36.0 Å². The summed E-state index contributed by atoms with van der Waals surface area (Å²) in [5.41, 5.74) is 3.16. The molecule has 0 aliphatic heterocycles. The van der Waals surface area contributed by atoms with Crippen LogP contribution in [0, 0.1) is 19.8 Å². The highest BCUT2D eigenvalue weighted by molar-refractivity contribution is 14.0. The molecule has 162 valence electrons. The molecule has 6 nitrogen and oxygen atoms in total. The van der Waals surface area contributed by atoms with Gasteiger partial charge in [-0.05, 0) is 43.5 Å². The summed E-state index contributed by atoms with van der Waals surface area (Å²) < 4.78 is 30.9. The van der Waals surface area contributed by atoms with Crippen molar-refractivity contribution in [2.75, 3.05) is 20.6 Å². The molecular formula is C20H30F2IN5O. The standard InChI is InChI=1S/C20H29F2N5O.HI/c1-14(12-27-16(3)10-15(2)25-27)11-24-20(23-4)26(5)13-17-6-8-18(9-7-17)28-19(21)22;/h6-10,14,19H,11-13H2,1-5H3,(H,23,24);1H. The highest BCUT2D eigenvalue weighted by Crippen LogP contribution is 2.15. The molecule has 0 bridgehead atoms. The largest absolute Gasteiger partial charge is 0.435 e. The molecule has 0 saturated heterocycles. The first-order chi connectivity index (χ1) is 13.3. The van der Waals surface area contributed by atoms with Gasteiger partial charge in [-0.2, -0.15) is 13.9 Å². The van der Waals surface area contributed by atoms with E-state index in [1.165, 1.54) is 0 Å². The van der Waals surface area contributed by atoms with Gasteiger partial charge in [-0.3, -0.25) is 9.67 Å². The predicted octanol–water partition coefficient (Wildman–Crippen LogP) is 4.06. The molecule has 2 rings (SSSR count). The van der Waals surface area contributed by atoms with E-state index in [0.29, 0.717) is 12.5 Å². The lowest BCUT2D eigenvalue weighted by atomic mass is 10.2. The third kappa shape index (κ3) is 8.15. The van der Waals surface area contributed by atoms with Gasteiger partial charge in [0.2, 0.25) is 0 Å². The lowest BCUT2D eigenvalue weighted by Gasteiger charge is -2.24. The Morgan fingerprint density at radius 2 is 1.93 bits per heavy atom. The van der Waals surface area contributed by atoms with Crippen LogP contribution in [0.15, 0.2) is 35.3 Å². The summed E-state index contributed by atoms with van der Waals surface area (Å²) in [6.45, 7) is 5.60. The van der Waals surface area contributed by atoms with E-state index in [1.807, 2.05) is 23.6 Å². The van der Waals surface area contributed by atoms with Crippen LogP contribution < -0.4 is 10.1 Å².